The molecule has 102 valence electrons. The topological polar surface area (TPSA) is 46.2 Å². The summed E-state index contributed by atoms with van der Waals surface area (Å²) in [5.74, 6) is 0.833. The van der Waals surface area contributed by atoms with Gasteiger partial charge in [-0.05, 0) is 24.3 Å². The van der Waals surface area contributed by atoms with Crippen molar-refractivity contribution in [2.75, 3.05) is 18.2 Å². The zero-order valence-corrected chi connectivity index (χ0v) is 12.2. The van der Waals surface area contributed by atoms with Gasteiger partial charge in [0.25, 0.3) is 0 Å². The van der Waals surface area contributed by atoms with Gasteiger partial charge in [-0.15, -0.1) is 11.6 Å². The summed E-state index contributed by atoms with van der Waals surface area (Å²) in [5.41, 5.74) is 1.23. The van der Waals surface area contributed by atoms with Crippen LogP contribution >= 0.6 is 11.6 Å². The van der Waals surface area contributed by atoms with Crippen LogP contribution < -0.4 is 4.72 Å². The third-order valence-corrected chi connectivity index (χ3v) is 4.55. The number of halogens is 1. The molecule has 18 heavy (non-hydrogen) atoms. The summed E-state index contributed by atoms with van der Waals surface area (Å²) in [6.45, 7) is 2.57. The summed E-state index contributed by atoms with van der Waals surface area (Å²) >= 11 is 5.48. The van der Waals surface area contributed by atoms with E-state index in [4.69, 9.17) is 11.6 Å². The highest BCUT2D eigenvalue weighted by Gasteiger charge is 2.10. The first-order chi connectivity index (χ1) is 8.55. The van der Waals surface area contributed by atoms with E-state index < -0.39 is 10.0 Å². The van der Waals surface area contributed by atoms with Gasteiger partial charge < -0.3 is 0 Å². The molecule has 1 aromatic carbocycles. The van der Waals surface area contributed by atoms with Crippen LogP contribution in [0.1, 0.15) is 31.2 Å². The SMILES string of the molecule is CC(CCNS(=O)(=O)CCCCl)c1ccccc1. The van der Waals surface area contributed by atoms with Crippen molar-refractivity contribution in [3.05, 3.63) is 35.9 Å². The normalized spacial score (nSPS) is 13.4. The molecule has 1 atom stereocenters. The van der Waals surface area contributed by atoms with Gasteiger partial charge in [-0.1, -0.05) is 37.3 Å². The number of benzene rings is 1. The van der Waals surface area contributed by atoms with Crippen LogP contribution in [0.5, 0.6) is 0 Å². The van der Waals surface area contributed by atoms with Gasteiger partial charge in [0.05, 0.1) is 5.75 Å². The Labute approximate surface area is 115 Å². The Balaban J connectivity index is 2.34. The van der Waals surface area contributed by atoms with E-state index in [1.165, 1.54) is 5.56 Å². The Morgan fingerprint density at radius 2 is 1.94 bits per heavy atom. The average Bonchev–Trinajstić information content (AvgIpc) is 2.37. The molecule has 1 N–H and O–H groups in total. The second-order valence-electron chi connectivity index (χ2n) is 4.36. The van der Waals surface area contributed by atoms with E-state index in [0.717, 1.165) is 6.42 Å². The van der Waals surface area contributed by atoms with Crippen LogP contribution in [-0.4, -0.2) is 26.6 Å². The van der Waals surface area contributed by atoms with E-state index in [2.05, 4.69) is 23.8 Å². The first kappa shape index (κ1) is 15.5. The van der Waals surface area contributed by atoms with E-state index >= 15 is 0 Å². The van der Waals surface area contributed by atoms with E-state index in [1.807, 2.05) is 18.2 Å². The minimum absolute atomic E-state index is 0.107. The van der Waals surface area contributed by atoms with E-state index in [-0.39, 0.29) is 5.75 Å². The number of alkyl halides is 1. The maximum Gasteiger partial charge on any atom is 0.211 e. The Bertz CT molecular complexity index is 434. The van der Waals surface area contributed by atoms with Gasteiger partial charge in [-0.25, -0.2) is 13.1 Å². The molecule has 0 fully saturated rings. The van der Waals surface area contributed by atoms with Crippen molar-refractivity contribution < 1.29 is 8.42 Å². The van der Waals surface area contributed by atoms with Gasteiger partial charge >= 0.3 is 0 Å². The predicted octanol–water partition coefficient (Wildman–Crippen LogP) is 2.73. The summed E-state index contributed by atoms with van der Waals surface area (Å²) in [5, 5.41) is 0. The molecule has 1 aromatic rings. The molecule has 0 aliphatic carbocycles. The number of hydrogen-bond donors (Lipinski definition) is 1. The molecule has 0 saturated carbocycles. The van der Waals surface area contributed by atoms with Crippen molar-refractivity contribution in [1.82, 2.24) is 4.72 Å². The van der Waals surface area contributed by atoms with Crippen LogP contribution in [0.2, 0.25) is 0 Å². The summed E-state index contributed by atoms with van der Waals surface area (Å²) in [6.07, 6.45) is 1.29. The van der Waals surface area contributed by atoms with Crippen molar-refractivity contribution in [3.63, 3.8) is 0 Å². The maximum absolute atomic E-state index is 11.5. The molecule has 3 nitrogen and oxygen atoms in total. The Kier molecular flexibility index (Phi) is 6.68. The number of rotatable bonds is 8. The van der Waals surface area contributed by atoms with E-state index in [0.29, 0.717) is 24.8 Å². The lowest BCUT2D eigenvalue weighted by atomic mass is 9.98. The standard InChI is InChI=1S/C13H20ClNO2S/c1-12(13-6-3-2-4-7-13)8-10-15-18(16,17)11-5-9-14/h2-4,6-7,12,15H,5,8-11H2,1H3. The minimum atomic E-state index is -3.16. The smallest absolute Gasteiger partial charge is 0.211 e. The fourth-order valence-electron chi connectivity index (χ4n) is 1.70. The monoisotopic (exact) mass is 289 g/mol. The van der Waals surface area contributed by atoms with Gasteiger partial charge in [0, 0.05) is 12.4 Å². The largest absolute Gasteiger partial charge is 0.215 e. The van der Waals surface area contributed by atoms with Gasteiger partial charge in [0.2, 0.25) is 10.0 Å². The molecule has 0 heterocycles. The Hall–Kier alpha value is -0.580. The van der Waals surface area contributed by atoms with Crippen LogP contribution in [0.15, 0.2) is 30.3 Å². The lowest BCUT2D eigenvalue weighted by molar-refractivity contribution is 0.571. The van der Waals surface area contributed by atoms with Crippen LogP contribution in [0.4, 0.5) is 0 Å². The van der Waals surface area contributed by atoms with Gasteiger partial charge in [-0.3, -0.25) is 0 Å². The van der Waals surface area contributed by atoms with Gasteiger partial charge in [0.1, 0.15) is 0 Å². The highest BCUT2D eigenvalue weighted by molar-refractivity contribution is 7.89. The molecule has 0 bridgehead atoms. The molecule has 1 rings (SSSR count). The van der Waals surface area contributed by atoms with Crippen molar-refractivity contribution >= 4 is 21.6 Å². The van der Waals surface area contributed by atoms with Gasteiger partial charge in [-0.2, -0.15) is 0 Å². The second kappa shape index (κ2) is 7.77. The van der Waals surface area contributed by atoms with Gasteiger partial charge in [0.15, 0.2) is 0 Å². The molecule has 0 aliphatic rings. The molecular formula is C13H20ClNO2S. The number of nitrogens with one attached hydrogen (secondary N) is 1. The highest BCUT2D eigenvalue weighted by atomic mass is 35.5. The third kappa shape index (κ3) is 5.85. The summed E-state index contributed by atoms with van der Waals surface area (Å²) in [6, 6.07) is 10.1. The fraction of sp³-hybridized carbons (Fsp3) is 0.538. The van der Waals surface area contributed by atoms with Crippen molar-refractivity contribution in [3.8, 4) is 0 Å². The molecule has 5 heteroatoms. The molecule has 0 aromatic heterocycles. The zero-order chi connectivity index (χ0) is 13.4. The quantitative estimate of drug-likeness (QED) is 0.748. The second-order valence-corrected chi connectivity index (χ2v) is 6.66. The number of sulfonamides is 1. The van der Waals surface area contributed by atoms with Crippen LogP contribution in [0, 0.1) is 0 Å². The minimum Gasteiger partial charge on any atom is -0.215 e. The molecule has 0 spiro atoms. The van der Waals surface area contributed by atoms with Crippen LogP contribution in [0.3, 0.4) is 0 Å². The molecule has 0 saturated heterocycles. The number of hydrogen-bond acceptors (Lipinski definition) is 2. The summed E-state index contributed by atoms with van der Waals surface area (Å²) in [4.78, 5) is 0. The lowest BCUT2D eigenvalue weighted by Crippen LogP contribution is -2.28. The van der Waals surface area contributed by atoms with Crippen molar-refractivity contribution in [1.29, 1.82) is 0 Å². The Morgan fingerprint density at radius 3 is 2.56 bits per heavy atom. The van der Waals surface area contributed by atoms with Crippen molar-refractivity contribution in [2.24, 2.45) is 0 Å². The predicted molar refractivity (Wildman–Crippen MR) is 76.6 cm³/mol. The zero-order valence-electron chi connectivity index (χ0n) is 10.6. The van der Waals surface area contributed by atoms with Crippen LogP contribution in [0.25, 0.3) is 0 Å². The third-order valence-electron chi connectivity index (χ3n) is 2.81. The summed E-state index contributed by atoms with van der Waals surface area (Å²) < 4.78 is 25.7. The fourth-order valence-corrected chi connectivity index (χ4v) is 3.09. The first-order valence-electron chi connectivity index (χ1n) is 6.13. The Morgan fingerprint density at radius 1 is 1.28 bits per heavy atom. The maximum atomic E-state index is 11.5. The molecule has 1 unspecified atom stereocenters. The molecule has 0 aliphatic heterocycles. The van der Waals surface area contributed by atoms with Crippen LogP contribution in [-0.2, 0) is 10.0 Å². The molecule has 0 amide bonds. The summed E-state index contributed by atoms with van der Waals surface area (Å²) in [7, 11) is -3.16. The lowest BCUT2D eigenvalue weighted by Gasteiger charge is -2.12. The van der Waals surface area contributed by atoms with E-state index in [1.54, 1.807) is 0 Å². The average molecular weight is 290 g/mol. The highest BCUT2D eigenvalue weighted by Crippen LogP contribution is 2.17. The molecule has 0 radical (unpaired) electrons. The van der Waals surface area contributed by atoms with Crippen molar-refractivity contribution in [2.45, 2.75) is 25.7 Å². The molecular weight excluding hydrogens is 270 g/mol. The first-order valence-corrected chi connectivity index (χ1v) is 8.32. The van der Waals surface area contributed by atoms with E-state index in [9.17, 15) is 8.42 Å².